The fraction of sp³-hybridized carbons (Fsp3) is 0.300. The van der Waals surface area contributed by atoms with Crippen molar-refractivity contribution in [2.45, 2.75) is 20.0 Å². The molecule has 0 heterocycles. The Labute approximate surface area is 91.4 Å². The Morgan fingerprint density at radius 2 is 2.15 bits per heavy atom. The molecule has 0 atom stereocenters. The highest BCUT2D eigenvalue weighted by Gasteiger charge is 2.08. The number of halogens is 1. The zero-order chi connectivity index (χ0) is 9.84. The summed E-state index contributed by atoms with van der Waals surface area (Å²) in [5.74, 6) is 0.688. The molecule has 13 heavy (non-hydrogen) atoms. The Balaban J connectivity index is 3.07. The number of ether oxygens (including phenoxy) is 1. The Bertz CT molecular complexity index is 308. The standard InChI is InChI=1S/C10H11IO2/c1-7(2)13-10-8(6-12)4-3-5-9(10)11/h3-7H,1-2H3. The topological polar surface area (TPSA) is 26.3 Å². The molecule has 2 nitrogen and oxygen atoms in total. The summed E-state index contributed by atoms with van der Waals surface area (Å²) in [5.41, 5.74) is 0.612. The summed E-state index contributed by atoms with van der Waals surface area (Å²) >= 11 is 2.16. The van der Waals surface area contributed by atoms with Crippen LogP contribution in [-0.4, -0.2) is 12.4 Å². The summed E-state index contributed by atoms with van der Waals surface area (Å²) in [4.78, 5) is 10.7. The van der Waals surface area contributed by atoms with Crippen LogP contribution in [0.2, 0.25) is 0 Å². The van der Waals surface area contributed by atoms with Crippen LogP contribution in [0.15, 0.2) is 18.2 Å². The van der Waals surface area contributed by atoms with Gasteiger partial charge in [-0.2, -0.15) is 0 Å². The molecule has 1 aromatic carbocycles. The molecule has 0 spiro atoms. The highest BCUT2D eigenvalue weighted by atomic mass is 127. The summed E-state index contributed by atoms with van der Waals surface area (Å²) in [6, 6.07) is 5.52. The van der Waals surface area contributed by atoms with Crippen LogP contribution < -0.4 is 4.74 Å². The van der Waals surface area contributed by atoms with Gasteiger partial charge in [-0.15, -0.1) is 0 Å². The predicted octanol–water partition coefficient (Wildman–Crippen LogP) is 2.89. The van der Waals surface area contributed by atoms with Gasteiger partial charge in [0.15, 0.2) is 6.29 Å². The van der Waals surface area contributed by atoms with Crippen molar-refractivity contribution in [3.8, 4) is 5.75 Å². The number of hydrogen-bond donors (Lipinski definition) is 0. The van der Waals surface area contributed by atoms with Gasteiger partial charge in [-0.1, -0.05) is 6.07 Å². The van der Waals surface area contributed by atoms with Gasteiger partial charge >= 0.3 is 0 Å². The summed E-state index contributed by atoms with van der Waals surface area (Å²) in [5, 5.41) is 0. The third kappa shape index (κ3) is 2.69. The quantitative estimate of drug-likeness (QED) is 0.632. The number of aldehydes is 1. The first kappa shape index (κ1) is 10.5. The largest absolute Gasteiger partial charge is 0.489 e. The fourth-order valence-electron chi connectivity index (χ4n) is 0.978. The molecular weight excluding hydrogens is 279 g/mol. The molecular formula is C10H11IO2. The van der Waals surface area contributed by atoms with E-state index in [0.29, 0.717) is 11.3 Å². The Morgan fingerprint density at radius 1 is 1.46 bits per heavy atom. The summed E-state index contributed by atoms with van der Waals surface area (Å²) in [6.45, 7) is 3.88. The molecule has 0 aliphatic rings. The molecule has 0 N–H and O–H groups in total. The normalized spacial score (nSPS) is 10.2. The van der Waals surface area contributed by atoms with Gasteiger partial charge in [0, 0.05) is 0 Å². The van der Waals surface area contributed by atoms with Crippen LogP contribution in [-0.2, 0) is 0 Å². The Morgan fingerprint density at radius 3 is 2.69 bits per heavy atom. The molecule has 0 fully saturated rings. The van der Waals surface area contributed by atoms with E-state index in [1.165, 1.54) is 0 Å². The zero-order valence-corrected chi connectivity index (χ0v) is 9.74. The highest BCUT2D eigenvalue weighted by molar-refractivity contribution is 14.1. The van der Waals surface area contributed by atoms with Crippen LogP contribution in [0.5, 0.6) is 5.75 Å². The molecule has 1 aromatic rings. The molecule has 0 saturated carbocycles. The smallest absolute Gasteiger partial charge is 0.153 e. The third-order valence-electron chi connectivity index (χ3n) is 1.48. The van der Waals surface area contributed by atoms with Crippen LogP contribution in [0.4, 0.5) is 0 Å². The Kier molecular flexibility index (Phi) is 3.71. The second-order valence-electron chi connectivity index (χ2n) is 2.94. The van der Waals surface area contributed by atoms with Crippen molar-refractivity contribution >= 4 is 28.9 Å². The average Bonchev–Trinajstić information content (AvgIpc) is 2.08. The maximum absolute atomic E-state index is 10.7. The summed E-state index contributed by atoms with van der Waals surface area (Å²) in [6.07, 6.45) is 0.912. The maximum atomic E-state index is 10.7. The third-order valence-corrected chi connectivity index (χ3v) is 2.33. The second-order valence-corrected chi connectivity index (χ2v) is 4.10. The van der Waals surface area contributed by atoms with E-state index in [-0.39, 0.29) is 6.10 Å². The highest BCUT2D eigenvalue weighted by Crippen LogP contribution is 2.25. The minimum Gasteiger partial charge on any atom is -0.489 e. The summed E-state index contributed by atoms with van der Waals surface area (Å²) < 4.78 is 6.50. The molecule has 0 saturated heterocycles. The lowest BCUT2D eigenvalue weighted by Crippen LogP contribution is -2.08. The lowest BCUT2D eigenvalue weighted by Gasteiger charge is -2.12. The van der Waals surface area contributed by atoms with E-state index < -0.39 is 0 Å². The minimum absolute atomic E-state index is 0.0922. The van der Waals surface area contributed by atoms with Crippen molar-refractivity contribution in [2.24, 2.45) is 0 Å². The van der Waals surface area contributed by atoms with E-state index in [4.69, 9.17) is 4.74 Å². The van der Waals surface area contributed by atoms with Crippen LogP contribution in [0, 0.1) is 3.57 Å². The Hall–Kier alpha value is -0.580. The monoisotopic (exact) mass is 290 g/mol. The lowest BCUT2D eigenvalue weighted by molar-refractivity contribution is 0.111. The number of hydrogen-bond acceptors (Lipinski definition) is 2. The van der Waals surface area contributed by atoms with Crippen LogP contribution in [0.25, 0.3) is 0 Å². The van der Waals surface area contributed by atoms with Gasteiger partial charge in [-0.25, -0.2) is 0 Å². The van der Waals surface area contributed by atoms with E-state index in [9.17, 15) is 4.79 Å². The number of rotatable bonds is 3. The van der Waals surface area contributed by atoms with Gasteiger partial charge in [0.25, 0.3) is 0 Å². The molecule has 0 unspecified atom stereocenters. The van der Waals surface area contributed by atoms with E-state index >= 15 is 0 Å². The second kappa shape index (κ2) is 4.60. The lowest BCUT2D eigenvalue weighted by atomic mass is 10.2. The first-order chi connectivity index (χ1) is 6.15. The van der Waals surface area contributed by atoms with Gasteiger partial charge in [0.05, 0.1) is 15.2 Å². The molecule has 1 rings (SSSR count). The zero-order valence-electron chi connectivity index (χ0n) is 7.58. The van der Waals surface area contributed by atoms with Gasteiger partial charge in [0.1, 0.15) is 5.75 Å². The molecule has 70 valence electrons. The fourth-order valence-corrected chi connectivity index (χ4v) is 1.62. The average molecular weight is 290 g/mol. The van der Waals surface area contributed by atoms with Crippen LogP contribution in [0.1, 0.15) is 24.2 Å². The number of carbonyl (C=O) groups excluding carboxylic acids is 1. The molecule has 3 heteroatoms. The van der Waals surface area contributed by atoms with E-state index in [1.807, 2.05) is 26.0 Å². The summed E-state index contributed by atoms with van der Waals surface area (Å²) in [7, 11) is 0. The first-order valence-electron chi connectivity index (χ1n) is 4.05. The van der Waals surface area contributed by atoms with Gasteiger partial charge in [-0.05, 0) is 48.6 Å². The van der Waals surface area contributed by atoms with Crippen molar-refractivity contribution in [2.75, 3.05) is 0 Å². The molecule has 0 amide bonds. The molecule has 0 aliphatic heterocycles. The van der Waals surface area contributed by atoms with Crippen molar-refractivity contribution < 1.29 is 9.53 Å². The van der Waals surface area contributed by atoms with Crippen molar-refractivity contribution in [1.82, 2.24) is 0 Å². The minimum atomic E-state index is 0.0922. The van der Waals surface area contributed by atoms with Gasteiger partial charge in [0.2, 0.25) is 0 Å². The van der Waals surface area contributed by atoms with E-state index in [2.05, 4.69) is 22.6 Å². The van der Waals surface area contributed by atoms with E-state index in [0.717, 1.165) is 9.86 Å². The van der Waals surface area contributed by atoms with E-state index in [1.54, 1.807) is 6.07 Å². The van der Waals surface area contributed by atoms with Crippen molar-refractivity contribution in [3.63, 3.8) is 0 Å². The predicted molar refractivity (Wildman–Crippen MR) is 60.3 cm³/mol. The molecule has 0 aromatic heterocycles. The number of benzene rings is 1. The maximum Gasteiger partial charge on any atom is 0.153 e. The van der Waals surface area contributed by atoms with Crippen molar-refractivity contribution in [3.05, 3.63) is 27.3 Å². The van der Waals surface area contributed by atoms with Crippen LogP contribution >= 0.6 is 22.6 Å². The van der Waals surface area contributed by atoms with Gasteiger partial charge in [-0.3, -0.25) is 4.79 Å². The van der Waals surface area contributed by atoms with Crippen molar-refractivity contribution in [1.29, 1.82) is 0 Å². The molecule has 0 aliphatic carbocycles. The number of carbonyl (C=O) groups is 1. The molecule has 0 radical (unpaired) electrons. The SMILES string of the molecule is CC(C)Oc1c(I)cccc1C=O. The first-order valence-corrected chi connectivity index (χ1v) is 5.13. The van der Waals surface area contributed by atoms with Crippen LogP contribution in [0.3, 0.4) is 0 Å². The van der Waals surface area contributed by atoms with Gasteiger partial charge < -0.3 is 4.74 Å². The molecule has 0 bridgehead atoms. The number of para-hydroxylation sites is 1.